The fourth-order valence-electron chi connectivity index (χ4n) is 2.07. The van der Waals surface area contributed by atoms with Crippen molar-refractivity contribution in [2.24, 2.45) is 5.73 Å². The highest BCUT2D eigenvalue weighted by Gasteiger charge is 2.25. The quantitative estimate of drug-likeness (QED) is 0.862. The SMILES string of the molecule is CC(CN)N(C)CC1Cc2cc(F)ccc2O1. The van der Waals surface area contributed by atoms with Crippen LogP contribution in [-0.4, -0.2) is 37.2 Å². The molecule has 4 heteroatoms. The number of ether oxygens (including phenoxy) is 1. The standard InChI is InChI=1S/C13H19FN2O/c1-9(7-15)16(2)8-12-6-10-5-11(14)3-4-13(10)17-12/h3-5,9,12H,6-8,15H2,1-2H3. The first-order chi connectivity index (χ1) is 8.10. The molecule has 17 heavy (non-hydrogen) atoms. The first-order valence-corrected chi connectivity index (χ1v) is 5.95. The molecule has 2 atom stereocenters. The summed E-state index contributed by atoms with van der Waals surface area (Å²) >= 11 is 0. The molecule has 2 rings (SSSR count). The summed E-state index contributed by atoms with van der Waals surface area (Å²) in [5.74, 6) is 0.613. The van der Waals surface area contributed by atoms with Crippen molar-refractivity contribution in [3.8, 4) is 5.75 Å². The Morgan fingerprint density at radius 1 is 1.59 bits per heavy atom. The van der Waals surface area contributed by atoms with Crippen LogP contribution in [0.4, 0.5) is 4.39 Å². The van der Waals surface area contributed by atoms with Gasteiger partial charge in [0, 0.05) is 31.1 Å². The minimum Gasteiger partial charge on any atom is -0.488 e. The van der Waals surface area contributed by atoms with E-state index in [4.69, 9.17) is 10.5 Å². The predicted octanol–water partition coefficient (Wildman–Crippen LogP) is 1.41. The Bertz CT molecular complexity index is 397. The summed E-state index contributed by atoms with van der Waals surface area (Å²) in [4.78, 5) is 2.17. The zero-order valence-corrected chi connectivity index (χ0v) is 10.3. The molecule has 1 aromatic rings. The molecule has 0 saturated heterocycles. The van der Waals surface area contributed by atoms with Crippen LogP contribution in [0, 0.1) is 5.82 Å². The van der Waals surface area contributed by atoms with Crippen LogP contribution in [0.3, 0.4) is 0 Å². The van der Waals surface area contributed by atoms with Crippen molar-refractivity contribution in [1.29, 1.82) is 0 Å². The molecule has 0 saturated carbocycles. The second-order valence-corrected chi connectivity index (χ2v) is 4.72. The van der Waals surface area contributed by atoms with Crippen molar-refractivity contribution in [2.45, 2.75) is 25.5 Å². The van der Waals surface area contributed by atoms with E-state index in [1.165, 1.54) is 6.07 Å². The van der Waals surface area contributed by atoms with Crippen LogP contribution in [-0.2, 0) is 6.42 Å². The lowest BCUT2D eigenvalue weighted by Gasteiger charge is -2.25. The number of nitrogens with two attached hydrogens (primary N) is 1. The Morgan fingerprint density at radius 2 is 2.35 bits per heavy atom. The summed E-state index contributed by atoms with van der Waals surface area (Å²) in [6.45, 7) is 3.53. The number of rotatable bonds is 4. The molecule has 94 valence electrons. The zero-order valence-electron chi connectivity index (χ0n) is 10.3. The summed E-state index contributed by atoms with van der Waals surface area (Å²) in [6, 6.07) is 5.03. The van der Waals surface area contributed by atoms with E-state index < -0.39 is 0 Å². The number of likely N-dealkylation sites (N-methyl/N-ethyl adjacent to an activating group) is 1. The molecule has 1 aliphatic heterocycles. The maximum absolute atomic E-state index is 13.1. The fraction of sp³-hybridized carbons (Fsp3) is 0.538. The number of hydrogen-bond donors (Lipinski definition) is 1. The molecule has 2 N–H and O–H groups in total. The van der Waals surface area contributed by atoms with Crippen LogP contribution >= 0.6 is 0 Å². The van der Waals surface area contributed by atoms with Crippen LogP contribution < -0.4 is 10.5 Å². The number of hydrogen-bond acceptors (Lipinski definition) is 3. The summed E-state index contributed by atoms with van der Waals surface area (Å²) in [5, 5.41) is 0. The molecular weight excluding hydrogens is 219 g/mol. The van der Waals surface area contributed by atoms with Crippen molar-refractivity contribution in [3.63, 3.8) is 0 Å². The maximum atomic E-state index is 13.1. The van der Waals surface area contributed by atoms with Crippen LogP contribution in [0.15, 0.2) is 18.2 Å². The monoisotopic (exact) mass is 238 g/mol. The molecule has 3 nitrogen and oxygen atoms in total. The lowest BCUT2D eigenvalue weighted by Crippen LogP contribution is -2.41. The van der Waals surface area contributed by atoms with Gasteiger partial charge >= 0.3 is 0 Å². The number of halogens is 1. The molecule has 0 amide bonds. The minimum atomic E-state index is -0.198. The third kappa shape index (κ3) is 2.76. The van der Waals surface area contributed by atoms with Crippen molar-refractivity contribution in [2.75, 3.05) is 20.1 Å². The van der Waals surface area contributed by atoms with Gasteiger partial charge in [-0.3, -0.25) is 4.90 Å². The molecule has 1 aromatic carbocycles. The second kappa shape index (κ2) is 5.02. The highest BCUT2D eigenvalue weighted by atomic mass is 19.1. The molecule has 0 radical (unpaired) electrons. The predicted molar refractivity (Wildman–Crippen MR) is 65.7 cm³/mol. The molecule has 0 aliphatic carbocycles. The van der Waals surface area contributed by atoms with Gasteiger partial charge in [0.15, 0.2) is 0 Å². The highest BCUT2D eigenvalue weighted by molar-refractivity contribution is 5.37. The Balaban J connectivity index is 1.96. The molecule has 0 fully saturated rings. The third-order valence-corrected chi connectivity index (χ3v) is 3.35. The minimum absolute atomic E-state index is 0.103. The topological polar surface area (TPSA) is 38.5 Å². The van der Waals surface area contributed by atoms with Crippen molar-refractivity contribution >= 4 is 0 Å². The van der Waals surface area contributed by atoms with Crippen LogP contribution in [0.1, 0.15) is 12.5 Å². The molecule has 0 spiro atoms. The van der Waals surface area contributed by atoms with Crippen molar-refractivity contribution in [3.05, 3.63) is 29.6 Å². The van der Waals surface area contributed by atoms with Gasteiger partial charge in [-0.2, -0.15) is 0 Å². The van der Waals surface area contributed by atoms with Gasteiger partial charge < -0.3 is 10.5 Å². The molecule has 0 bridgehead atoms. The van der Waals surface area contributed by atoms with Gasteiger partial charge in [-0.1, -0.05) is 0 Å². The van der Waals surface area contributed by atoms with Crippen molar-refractivity contribution in [1.82, 2.24) is 4.90 Å². The van der Waals surface area contributed by atoms with Gasteiger partial charge in [0.1, 0.15) is 17.7 Å². The summed E-state index contributed by atoms with van der Waals surface area (Å²) in [6.07, 6.45) is 0.875. The smallest absolute Gasteiger partial charge is 0.123 e. The van der Waals surface area contributed by atoms with Gasteiger partial charge in [0.05, 0.1) is 0 Å². The Hall–Kier alpha value is -1.13. The van der Waals surface area contributed by atoms with E-state index in [-0.39, 0.29) is 11.9 Å². The van der Waals surface area contributed by atoms with Crippen molar-refractivity contribution < 1.29 is 9.13 Å². The third-order valence-electron chi connectivity index (χ3n) is 3.35. The first-order valence-electron chi connectivity index (χ1n) is 5.95. The van der Waals surface area contributed by atoms with Crippen LogP contribution in [0.5, 0.6) is 5.75 Å². The Labute approximate surface area is 101 Å². The van der Waals surface area contributed by atoms with Crippen LogP contribution in [0.2, 0.25) is 0 Å². The molecule has 2 unspecified atom stereocenters. The first kappa shape index (κ1) is 12.3. The summed E-state index contributed by atoms with van der Waals surface area (Å²) in [7, 11) is 2.03. The van der Waals surface area contributed by atoms with E-state index in [0.717, 1.165) is 24.3 Å². The van der Waals surface area contributed by atoms with Gasteiger partial charge in [0.2, 0.25) is 0 Å². The largest absolute Gasteiger partial charge is 0.488 e. The van der Waals surface area contributed by atoms with E-state index in [0.29, 0.717) is 12.6 Å². The van der Waals surface area contributed by atoms with Crippen LogP contribution in [0.25, 0.3) is 0 Å². The fourth-order valence-corrected chi connectivity index (χ4v) is 2.07. The Morgan fingerprint density at radius 3 is 3.06 bits per heavy atom. The number of fused-ring (bicyclic) bond motifs is 1. The normalized spacial score (nSPS) is 20.2. The van der Waals surface area contributed by atoms with E-state index in [1.807, 2.05) is 7.05 Å². The summed E-state index contributed by atoms with van der Waals surface area (Å²) < 4.78 is 18.8. The average molecular weight is 238 g/mol. The molecule has 0 aromatic heterocycles. The van der Waals surface area contributed by atoms with E-state index in [2.05, 4.69) is 11.8 Å². The van der Waals surface area contributed by atoms with Gasteiger partial charge in [-0.25, -0.2) is 4.39 Å². The van der Waals surface area contributed by atoms with E-state index in [1.54, 1.807) is 12.1 Å². The van der Waals surface area contributed by atoms with E-state index in [9.17, 15) is 4.39 Å². The summed E-state index contributed by atoms with van der Waals surface area (Å²) in [5.41, 5.74) is 6.58. The number of benzene rings is 1. The van der Waals surface area contributed by atoms with Gasteiger partial charge in [-0.05, 0) is 32.2 Å². The Kier molecular flexibility index (Phi) is 3.64. The highest BCUT2D eigenvalue weighted by Crippen LogP contribution is 2.29. The maximum Gasteiger partial charge on any atom is 0.123 e. The lowest BCUT2D eigenvalue weighted by atomic mass is 10.1. The molecule has 1 aliphatic rings. The zero-order chi connectivity index (χ0) is 12.4. The lowest BCUT2D eigenvalue weighted by molar-refractivity contribution is 0.146. The number of nitrogens with zero attached hydrogens (tertiary/aromatic N) is 1. The molecular formula is C13H19FN2O. The average Bonchev–Trinajstić information content (AvgIpc) is 2.69. The van der Waals surface area contributed by atoms with E-state index >= 15 is 0 Å². The van der Waals surface area contributed by atoms with Gasteiger partial charge in [0.25, 0.3) is 0 Å². The molecule has 1 heterocycles. The second-order valence-electron chi connectivity index (χ2n) is 4.72. The van der Waals surface area contributed by atoms with Gasteiger partial charge in [-0.15, -0.1) is 0 Å².